The zero-order chi connectivity index (χ0) is 27.8. The van der Waals surface area contributed by atoms with Crippen LogP contribution in [0.2, 0.25) is 0 Å². The number of hydrogen-bond donors (Lipinski definition) is 0. The summed E-state index contributed by atoms with van der Waals surface area (Å²) in [6.07, 6.45) is 15.5. The summed E-state index contributed by atoms with van der Waals surface area (Å²) in [6.45, 7) is 2.25. The first-order valence-electron chi connectivity index (χ1n) is 14.4. The molecule has 0 spiro atoms. The van der Waals surface area contributed by atoms with Crippen molar-refractivity contribution in [2.24, 2.45) is 5.92 Å². The standard InChI is InChI=1S/C35H26N4O2S/c1-21-9-8-16-30-35(21)39(26-12-4-7-15-29(26)41-30)34-18-32-23(20-37-34)22-19-36-33(17-31(22)42-32)38-24-10-2-5-13-27(24)40-28-14-6-3-11-25(28)38/h2-5,7-8,10-13,15-21H,6,9,14H2,1H3. The summed E-state index contributed by atoms with van der Waals surface area (Å²) in [5.74, 6) is 5.71. The molecule has 42 heavy (non-hydrogen) atoms. The highest BCUT2D eigenvalue weighted by Crippen LogP contribution is 2.48. The Morgan fingerprint density at radius 2 is 1.45 bits per heavy atom. The van der Waals surface area contributed by atoms with Crippen LogP contribution >= 0.6 is 11.3 Å². The van der Waals surface area contributed by atoms with Gasteiger partial charge in [-0.3, -0.25) is 9.80 Å². The smallest absolute Gasteiger partial charge is 0.151 e. The monoisotopic (exact) mass is 566 g/mol. The topological polar surface area (TPSA) is 50.7 Å². The molecule has 0 fully saturated rings. The van der Waals surface area contributed by atoms with E-state index in [1.807, 2.05) is 42.7 Å². The molecule has 1 unspecified atom stereocenters. The average molecular weight is 567 g/mol. The maximum Gasteiger partial charge on any atom is 0.151 e. The molecule has 204 valence electrons. The third-order valence-corrected chi connectivity index (χ3v) is 9.51. The molecule has 5 heterocycles. The van der Waals surface area contributed by atoms with Crippen LogP contribution in [0, 0.1) is 5.92 Å². The number of anilines is 4. The van der Waals surface area contributed by atoms with Crippen LogP contribution in [0.25, 0.3) is 20.2 Å². The Hall–Kier alpha value is -4.88. The SMILES string of the molecule is CC1CC=CC2=C1N(c1cc3sc4cc(N5C6=C(CCC=C6)Oc6ccccc65)ncc4c3cn1)c1ccccc1O2. The van der Waals surface area contributed by atoms with Gasteiger partial charge in [-0.15, -0.1) is 11.3 Å². The molecule has 2 aliphatic carbocycles. The highest BCUT2D eigenvalue weighted by atomic mass is 32.1. The van der Waals surface area contributed by atoms with Crippen molar-refractivity contribution < 1.29 is 9.47 Å². The van der Waals surface area contributed by atoms with Crippen molar-refractivity contribution in [1.29, 1.82) is 0 Å². The van der Waals surface area contributed by atoms with Crippen LogP contribution < -0.4 is 19.3 Å². The molecule has 9 rings (SSSR count). The first kappa shape index (κ1) is 23.8. The van der Waals surface area contributed by atoms with E-state index in [1.165, 1.54) is 9.40 Å². The number of ether oxygens (including phenoxy) is 2. The number of fused-ring (bicyclic) bond motifs is 5. The van der Waals surface area contributed by atoms with Crippen LogP contribution in [0.3, 0.4) is 0 Å². The Morgan fingerprint density at radius 1 is 0.786 bits per heavy atom. The van der Waals surface area contributed by atoms with E-state index < -0.39 is 0 Å². The number of nitrogens with zero attached hydrogens (tertiary/aromatic N) is 4. The van der Waals surface area contributed by atoms with Crippen molar-refractivity contribution >= 4 is 54.5 Å². The number of hydrogen-bond acceptors (Lipinski definition) is 7. The first-order chi connectivity index (χ1) is 20.7. The van der Waals surface area contributed by atoms with Gasteiger partial charge in [0, 0.05) is 44.9 Å². The molecule has 0 radical (unpaired) electrons. The van der Waals surface area contributed by atoms with Gasteiger partial charge >= 0.3 is 0 Å². The van der Waals surface area contributed by atoms with Gasteiger partial charge in [0.15, 0.2) is 11.5 Å². The van der Waals surface area contributed by atoms with Gasteiger partial charge in [0.2, 0.25) is 0 Å². The second-order valence-electron chi connectivity index (χ2n) is 11.0. The van der Waals surface area contributed by atoms with Crippen molar-refractivity contribution in [3.05, 3.63) is 120 Å². The highest BCUT2D eigenvalue weighted by Gasteiger charge is 2.33. The molecule has 4 aliphatic rings. The maximum atomic E-state index is 6.32. The molecule has 5 aromatic rings. The van der Waals surface area contributed by atoms with Crippen LogP contribution in [-0.4, -0.2) is 9.97 Å². The summed E-state index contributed by atoms with van der Waals surface area (Å²) in [6, 6.07) is 20.8. The number of rotatable bonds is 2. The molecule has 0 bridgehead atoms. The van der Waals surface area contributed by atoms with Crippen LogP contribution in [0.1, 0.15) is 26.2 Å². The third kappa shape index (κ3) is 3.50. The Labute approximate surface area is 247 Å². The molecule has 0 saturated heterocycles. The van der Waals surface area contributed by atoms with Crippen molar-refractivity contribution in [2.45, 2.75) is 26.2 Å². The predicted molar refractivity (Wildman–Crippen MR) is 169 cm³/mol. The summed E-state index contributed by atoms with van der Waals surface area (Å²) >= 11 is 1.78. The molecule has 2 aromatic carbocycles. The van der Waals surface area contributed by atoms with E-state index >= 15 is 0 Å². The zero-order valence-electron chi connectivity index (χ0n) is 22.9. The molecule has 7 heteroatoms. The van der Waals surface area contributed by atoms with E-state index in [-0.39, 0.29) is 0 Å². The maximum absolute atomic E-state index is 6.32. The fourth-order valence-electron chi connectivity index (χ4n) is 6.42. The van der Waals surface area contributed by atoms with E-state index in [9.17, 15) is 0 Å². The van der Waals surface area contributed by atoms with Gasteiger partial charge in [-0.2, -0.15) is 0 Å². The molecule has 6 nitrogen and oxygen atoms in total. The molecular weight excluding hydrogens is 540 g/mol. The van der Waals surface area contributed by atoms with Crippen LogP contribution in [-0.2, 0) is 0 Å². The molecule has 0 saturated carbocycles. The lowest BCUT2D eigenvalue weighted by atomic mass is 9.95. The summed E-state index contributed by atoms with van der Waals surface area (Å²) in [7, 11) is 0. The molecule has 0 amide bonds. The second kappa shape index (κ2) is 9.06. The Balaban J connectivity index is 1.18. The number of thiophene rings is 1. The first-order valence-corrected chi connectivity index (χ1v) is 15.2. The van der Waals surface area contributed by atoms with Crippen LogP contribution in [0.5, 0.6) is 11.5 Å². The normalized spacial score (nSPS) is 18.9. The minimum atomic E-state index is 0.314. The van der Waals surface area contributed by atoms with Gasteiger partial charge < -0.3 is 9.47 Å². The number of para-hydroxylation sites is 4. The van der Waals surface area contributed by atoms with Gasteiger partial charge in [0.1, 0.15) is 23.2 Å². The lowest BCUT2D eigenvalue weighted by Crippen LogP contribution is -2.29. The van der Waals surface area contributed by atoms with Gasteiger partial charge in [-0.25, -0.2) is 9.97 Å². The molecule has 0 N–H and O–H groups in total. The summed E-state index contributed by atoms with van der Waals surface area (Å²) < 4.78 is 15.0. The van der Waals surface area contributed by atoms with E-state index in [1.54, 1.807) is 11.3 Å². The number of aromatic nitrogens is 2. The minimum absolute atomic E-state index is 0.314. The van der Waals surface area contributed by atoms with E-state index in [2.05, 4.69) is 71.4 Å². The summed E-state index contributed by atoms with van der Waals surface area (Å²) in [5, 5.41) is 2.23. The Morgan fingerprint density at radius 3 is 2.21 bits per heavy atom. The third-order valence-electron chi connectivity index (χ3n) is 8.40. The Bertz CT molecular complexity index is 2070. The van der Waals surface area contributed by atoms with Gasteiger partial charge in [-0.1, -0.05) is 43.3 Å². The molecule has 1 atom stereocenters. The fraction of sp³-hybridized carbons (Fsp3) is 0.143. The second-order valence-corrected chi connectivity index (χ2v) is 12.1. The van der Waals surface area contributed by atoms with E-state index in [0.29, 0.717) is 5.92 Å². The van der Waals surface area contributed by atoms with Gasteiger partial charge in [0.05, 0.1) is 22.8 Å². The average Bonchev–Trinajstić information content (AvgIpc) is 3.39. The summed E-state index contributed by atoms with van der Waals surface area (Å²) in [5.41, 5.74) is 4.24. The predicted octanol–water partition coefficient (Wildman–Crippen LogP) is 9.27. The van der Waals surface area contributed by atoms with Crippen molar-refractivity contribution in [3.63, 3.8) is 0 Å². The fourth-order valence-corrected chi connectivity index (χ4v) is 7.53. The molecular formula is C35H26N4O2S. The lowest BCUT2D eigenvalue weighted by molar-refractivity contribution is 0.388. The Kier molecular flexibility index (Phi) is 5.13. The van der Waals surface area contributed by atoms with E-state index in [0.717, 1.165) is 87.5 Å². The zero-order valence-corrected chi connectivity index (χ0v) is 23.8. The molecule has 2 aliphatic heterocycles. The van der Waals surface area contributed by atoms with Gasteiger partial charge in [0.25, 0.3) is 0 Å². The quantitative estimate of drug-likeness (QED) is 0.212. The van der Waals surface area contributed by atoms with Crippen LogP contribution in [0.4, 0.5) is 23.0 Å². The van der Waals surface area contributed by atoms with Crippen LogP contribution in [0.15, 0.2) is 120 Å². The lowest BCUT2D eigenvalue weighted by Gasteiger charge is -2.37. The van der Waals surface area contributed by atoms with Crippen molar-refractivity contribution in [1.82, 2.24) is 9.97 Å². The van der Waals surface area contributed by atoms with E-state index in [4.69, 9.17) is 19.4 Å². The number of allylic oxidation sites excluding steroid dienone is 6. The number of pyridine rings is 2. The van der Waals surface area contributed by atoms with Crippen molar-refractivity contribution in [2.75, 3.05) is 9.80 Å². The largest absolute Gasteiger partial charge is 0.457 e. The van der Waals surface area contributed by atoms with Crippen molar-refractivity contribution in [3.8, 4) is 11.5 Å². The minimum Gasteiger partial charge on any atom is -0.457 e. The number of benzene rings is 2. The highest BCUT2D eigenvalue weighted by molar-refractivity contribution is 7.25. The summed E-state index contributed by atoms with van der Waals surface area (Å²) in [4.78, 5) is 14.5. The molecule has 3 aromatic heterocycles. The van der Waals surface area contributed by atoms with Gasteiger partial charge in [-0.05, 0) is 61.4 Å².